The number of carbonyl (C=O) groups is 4. The van der Waals surface area contributed by atoms with Gasteiger partial charge in [0.1, 0.15) is 18.1 Å². The first kappa shape index (κ1) is 32.7. The molecule has 0 saturated carbocycles. The van der Waals surface area contributed by atoms with Crippen molar-refractivity contribution in [3.63, 3.8) is 0 Å². The van der Waals surface area contributed by atoms with Crippen molar-refractivity contribution in [2.24, 2.45) is 27.9 Å². The van der Waals surface area contributed by atoms with Crippen molar-refractivity contribution in [2.75, 3.05) is 13.1 Å². The van der Waals surface area contributed by atoms with Gasteiger partial charge in [-0.3, -0.25) is 19.4 Å². The molecule has 0 fully saturated rings. The molecular weight excluding hydrogens is 536 g/mol. The standard InChI is InChI=1S/C24H40N12O5/c25-6-2-1-4-16(26)20(37)35-18(8-14-10-29-12-32-14)22(39)34-17(5-3-7-31-24(27)28)21(38)36-19(23(40)41)9-15-11-30-13-33-15/h10-13,16-19H,1-9,25-26H2,(H,29,32)(H,30,33)(H,34,39)(H,35,37)(H,36,38)(H,40,41)(H4,27,28,31). The predicted molar refractivity (Wildman–Crippen MR) is 149 cm³/mol. The Morgan fingerprint density at radius 2 is 1.39 bits per heavy atom. The molecule has 0 radical (unpaired) electrons. The van der Waals surface area contributed by atoms with Gasteiger partial charge in [0, 0.05) is 43.2 Å². The molecular formula is C24H40N12O5. The van der Waals surface area contributed by atoms with E-state index in [2.05, 4.69) is 40.9 Å². The number of hydrogen-bond donors (Lipinski definition) is 10. The Morgan fingerprint density at radius 1 is 0.829 bits per heavy atom. The fourth-order valence-corrected chi connectivity index (χ4v) is 3.88. The second kappa shape index (κ2) is 17.2. The number of unbranched alkanes of at least 4 members (excludes halogenated alkanes) is 1. The minimum absolute atomic E-state index is 0.0347. The lowest BCUT2D eigenvalue weighted by Crippen LogP contribution is -2.57. The first-order chi connectivity index (χ1) is 19.6. The Balaban J connectivity index is 2.18. The van der Waals surface area contributed by atoms with Crippen LogP contribution in [0.4, 0.5) is 0 Å². The molecule has 226 valence electrons. The molecule has 0 aliphatic rings. The summed E-state index contributed by atoms with van der Waals surface area (Å²) in [6, 6.07) is -4.44. The average molecular weight is 577 g/mol. The lowest BCUT2D eigenvalue weighted by molar-refractivity contribution is -0.142. The molecule has 0 aliphatic carbocycles. The number of nitrogens with zero attached hydrogens (tertiary/aromatic N) is 3. The van der Waals surface area contributed by atoms with Crippen molar-refractivity contribution >= 4 is 29.7 Å². The van der Waals surface area contributed by atoms with Crippen LogP contribution < -0.4 is 38.9 Å². The average Bonchev–Trinajstić information content (AvgIpc) is 3.63. The number of nitrogens with two attached hydrogens (primary N) is 4. The van der Waals surface area contributed by atoms with Crippen molar-refractivity contribution < 1.29 is 24.3 Å². The Bertz CT molecular complexity index is 1120. The van der Waals surface area contributed by atoms with Gasteiger partial charge in [0.25, 0.3) is 0 Å². The summed E-state index contributed by atoms with van der Waals surface area (Å²) in [6.45, 7) is 0.640. The van der Waals surface area contributed by atoms with Crippen molar-refractivity contribution in [3.05, 3.63) is 36.4 Å². The largest absolute Gasteiger partial charge is 0.480 e. The number of carbonyl (C=O) groups excluding carboxylic acids is 3. The molecule has 17 nitrogen and oxygen atoms in total. The fraction of sp³-hybridized carbons (Fsp3) is 0.542. The van der Waals surface area contributed by atoms with Gasteiger partial charge >= 0.3 is 5.97 Å². The van der Waals surface area contributed by atoms with E-state index in [1.807, 2.05) is 0 Å². The number of aliphatic imine (C=N–C) groups is 1. The molecule has 41 heavy (non-hydrogen) atoms. The van der Waals surface area contributed by atoms with Crippen LogP contribution in [0, 0.1) is 0 Å². The minimum Gasteiger partial charge on any atom is -0.480 e. The predicted octanol–water partition coefficient (Wildman–Crippen LogP) is -3.03. The van der Waals surface area contributed by atoms with Gasteiger partial charge in [0.2, 0.25) is 17.7 Å². The van der Waals surface area contributed by atoms with E-state index >= 15 is 0 Å². The molecule has 0 spiro atoms. The summed E-state index contributed by atoms with van der Waals surface area (Å²) < 4.78 is 0. The third-order valence-corrected chi connectivity index (χ3v) is 6.09. The van der Waals surface area contributed by atoms with E-state index in [4.69, 9.17) is 22.9 Å². The van der Waals surface area contributed by atoms with E-state index in [9.17, 15) is 24.3 Å². The van der Waals surface area contributed by atoms with E-state index in [0.717, 1.165) is 0 Å². The van der Waals surface area contributed by atoms with E-state index in [1.54, 1.807) is 0 Å². The zero-order chi connectivity index (χ0) is 30.2. The van der Waals surface area contributed by atoms with Crippen LogP contribution in [0.1, 0.15) is 43.5 Å². The van der Waals surface area contributed by atoms with Gasteiger partial charge in [-0.1, -0.05) is 6.42 Å². The SMILES string of the molecule is NCCCCC(N)C(=O)NC(Cc1cnc[nH]1)C(=O)NC(CCCN=C(N)N)C(=O)NC(Cc1cnc[nH]1)C(=O)O. The number of aromatic amines is 2. The third kappa shape index (κ3) is 12.0. The molecule has 2 heterocycles. The molecule has 2 aromatic heterocycles. The van der Waals surface area contributed by atoms with Gasteiger partial charge in [0.15, 0.2) is 5.96 Å². The maximum atomic E-state index is 13.4. The first-order valence-corrected chi connectivity index (χ1v) is 13.2. The molecule has 17 heteroatoms. The van der Waals surface area contributed by atoms with E-state index < -0.39 is 47.9 Å². The summed E-state index contributed by atoms with van der Waals surface area (Å²) in [5, 5.41) is 17.4. The number of amides is 3. The number of carboxylic acid groups (broad SMARTS) is 1. The lowest BCUT2D eigenvalue weighted by Gasteiger charge is -2.25. The van der Waals surface area contributed by atoms with E-state index in [1.165, 1.54) is 25.0 Å². The van der Waals surface area contributed by atoms with Gasteiger partial charge in [-0.2, -0.15) is 0 Å². The molecule has 2 rings (SSSR count). The summed E-state index contributed by atoms with van der Waals surface area (Å²) in [6.07, 6.45) is 7.83. The minimum atomic E-state index is -1.30. The van der Waals surface area contributed by atoms with Gasteiger partial charge in [-0.15, -0.1) is 0 Å². The lowest BCUT2D eigenvalue weighted by atomic mass is 10.1. The summed E-state index contributed by atoms with van der Waals surface area (Å²) in [7, 11) is 0. The van der Waals surface area contributed by atoms with Crippen LogP contribution in [0.5, 0.6) is 0 Å². The molecule has 3 amide bonds. The smallest absolute Gasteiger partial charge is 0.326 e. The molecule has 14 N–H and O–H groups in total. The third-order valence-electron chi connectivity index (χ3n) is 6.09. The highest BCUT2D eigenvalue weighted by atomic mass is 16.4. The maximum absolute atomic E-state index is 13.4. The van der Waals surface area contributed by atoms with Crippen molar-refractivity contribution in [1.82, 2.24) is 35.9 Å². The second-order valence-electron chi connectivity index (χ2n) is 9.42. The maximum Gasteiger partial charge on any atom is 0.326 e. The van der Waals surface area contributed by atoms with Crippen molar-refractivity contribution in [2.45, 2.75) is 69.1 Å². The quantitative estimate of drug-likeness (QED) is 0.0455. The number of guanidine groups is 1. The van der Waals surface area contributed by atoms with Crippen LogP contribution in [0.25, 0.3) is 0 Å². The molecule has 4 unspecified atom stereocenters. The van der Waals surface area contributed by atoms with Crippen LogP contribution in [0.3, 0.4) is 0 Å². The van der Waals surface area contributed by atoms with Crippen LogP contribution in [-0.2, 0) is 32.0 Å². The van der Waals surface area contributed by atoms with Crippen LogP contribution in [0.2, 0.25) is 0 Å². The summed E-state index contributed by atoms with van der Waals surface area (Å²) in [5.74, 6) is -3.36. The Labute approximate surface area is 236 Å². The zero-order valence-electron chi connectivity index (χ0n) is 22.7. The molecule has 0 bridgehead atoms. The number of nitrogens with one attached hydrogen (secondary N) is 5. The van der Waals surface area contributed by atoms with Crippen LogP contribution >= 0.6 is 0 Å². The normalized spacial score (nSPS) is 13.8. The summed E-state index contributed by atoms with van der Waals surface area (Å²) in [5.41, 5.74) is 23.3. The molecule has 0 aliphatic heterocycles. The van der Waals surface area contributed by atoms with E-state index in [-0.39, 0.29) is 38.2 Å². The zero-order valence-corrected chi connectivity index (χ0v) is 22.7. The second-order valence-corrected chi connectivity index (χ2v) is 9.42. The van der Waals surface area contributed by atoms with Gasteiger partial charge in [-0.05, 0) is 32.2 Å². The number of rotatable bonds is 19. The fourth-order valence-electron chi connectivity index (χ4n) is 3.88. The number of carboxylic acids is 1. The highest BCUT2D eigenvalue weighted by Crippen LogP contribution is 2.07. The topological polar surface area (TPSA) is 298 Å². The van der Waals surface area contributed by atoms with Crippen molar-refractivity contribution in [1.29, 1.82) is 0 Å². The highest BCUT2D eigenvalue weighted by molar-refractivity contribution is 5.94. The van der Waals surface area contributed by atoms with Gasteiger partial charge in [0.05, 0.1) is 18.7 Å². The van der Waals surface area contributed by atoms with Crippen LogP contribution in [0.15, 0.2) is 30.0 Å². The number of hydrogen-bond acceptors (Lipinski definition) is 9. The highest BCUT2D eigenvalue weighted by Gasteiger charge is 2.30. The Hall–Kier alpha value is -4.51. The number of H-pyrrole nitrogens is 2. The first-order valence-electron chi connectivity index (χ1n) is 13.2. The molecule has 4 atom stereocenters. The van der Waals surface area contributed by atoms with Gasteiger partial charge < -0.3 is 54.0 Å². The van der Waals surface area contributed by atoms with Crippen molar-refractivity contribution in [3.8, 4) is 0 Å². The van der Waals surface area contributed by atoms with Gasteiger partial charge in [-0.25, -0.2) is 14.8 Å². The Kier molecular flexibility index (Phi) is 13.7. The van der Waals surface area contributed by atoms with Crippen LogP contribution in [-0.4, -0.2) is 91.9 Å². The monoisotopic (exact) mass is 576 g/mol. The van der Waals surface area contributed by atoms with E-state index in [0.29, 0.717) is 37.2 Å². The molecule has 0 aromatic carbocycles. The molecule has 2 aromatic rings. The Morgan fingerprint density at radius 3 is 1.93 bits per heavy atom. The summed E-state index contributed by atoms with van der Waals surface area (Å²) in [4.78, 5) is 68.6. The summed E-state index contributed by atoms with van der Waals surface area (Å²) >= 11 is 0. The number of aliphatic carboxylic acids is 1. The number of aromatic nitrogens is 4. The number of imidazole rings is 2. The molecule has 0 saturated heterocycles.